The molecule has 0 bridgehead atoms. The van der Waals surface area contributed by atoms with Crippen molar-refractivity contribution in [2.45, 2.75) is 17.1 Å². The van der Waals surface area contributed by atoms with Gasteiger partial charge in [0.15, 0.2) is 0 Å². The third-order valence-electron chi connectivity index (χ3n) is 5.55. The number of ether oxygens (including phenoxy) is 1. The second kappa shape index (κ2) is 13.3. The summed E-state index contributed by atoms with van der Waals surface area (Å²) >= 11 is 13.4. The Labute approximate surface area is 240 Å². The Bertz CT molecular complexity index is 1460. The predicted molar refractivity (Wildman–Crippen MR) is 157 cm³/mol. The van der Waals surface area contributed by atoms with Crippen LogP contribution in [0.25, 0.3) is 0 Å². The van der Waals surface area contributed by atoms with Crippen LogP contribution in [-0.4, -0.2) is 24.4 Å². The molecule has 39 heavy (non-hydrogen) atoms. The molecule has 4 rings (SSSR count). The second-order valence-electron chi connectivity index (χ2n) is 8.30. The van der Waals surface area contributed by atoms with Gasteiger partial charge in [-0.05, 0) is 79.2 Å². The van der Waals surface area contributed by atoms with Gasteiger partial charge in [-0.1, -0.05) is 53.5 Å². The van der Waals surface area contributed by atoms with Crippen molar-refractivity contribution in [2.24, 2.45) is 0 Å². The number of nitrogens with one attached hydrogen (secondary N) is 2. The molecule has 0 fully saturated rings. The number of carbonyl (C=O) groups excluding carboxylic acids is 3. The highest BCUT2D eigenvalue weighted by atomic mass is 35.5. The van der Waals surface area contributed by atoms with Crippen LogP contribution in [-0.2, 0) is 9.53 Å². The number of carbonyl (C=O) groups is 3. The van der Waals surface area contributed by atoms with Crippen LogP contribution in [0.3, 0.4) is 0 Å². The lowest BCUT2D eigenvalue weighted by atomic mass is 10.1. The van der Waals surface area contributed by atoms with Gasteiger partial charge in [0, 0.05) is 21.3 Å². The molecular weight excluding hydrogens is 555 g/mol. The van der Waals surface area contributed by atoms with Crippen molar-refractivity contribution in [2.75, 3.05) is 17.2 Å². The highest BCUT2D eigenvalue weighted by Crippen LogP contribution is 2.37. The molecule has 0 saturated carbocycles. The zero-order chi connectivity index (χ0) is 27.8. The molecule has 4 aromatic rings. The van der Waals surface area contributed by atoms with E-state index in [4.69, 9.17) is 27.9 Å². The van der Waals surface area contributed by atoms with Gasteiger partial charge in [0.05, 0.1) is 22.8 Å². The smallest absolute Gasteiger partial charge is 0.338 e. The van der Waals surface area contributed by atoms with Gasteiger partial charge < -0.3 is 15.4 Å². The average Bonchev–Trinajstić information content (AvgIpc) is 2.93. The number of esters is 1. The molecule has 2 amide bonds. The van der Waals surface area contributed by atoms with E-state index in [1.807, 2.05) is 42.5 Å². The van der Waals surface area contributed by atoms with Gasteiger partial charge in [-0.15, -0.1) is 11.8 Å². The van der Waals surface area contributed by atoms with E-state index in [0.29, 0.717) is 27.5 Å². The van der Waals surface area contributed by atoms with E-state index in [1.165, 1.54) is 17.8 Å². The molecule has 1 unspecified atom stereocenters. The van der Waals surface area contributed by atoms with Crippen LogP contribution in [0.1, 0.15) is 38.5 Å². The highest BCUT2D eigenvalue weighted by Gasteiger charge is 2.22. The Morgan fingerprint density at radius 3 is 2.10 bits per heavy atom. The van der Waals surface area contributed by atoms with Crippen molar-refractivity contribution in [3.05, 3.63) is 124 Å². The summed E-state index contributed by atoms with van der Waals surface area (Å²) in [5, 5.41) is 5.91. The summed E-state index contributed by atoms with van der Waals surface area (Å²) in [5.74, 6) is -0.985. The lowest BCUT2D eigenvalue weighted by Crippen LogP contribution is -2.19. The topological polar surface area (TPSA) is 84.5 Å². The summed E-state index contributed by atoms with van der Waals surface area (Å²) in [6.07, 6.45) is 0. The Morgan fingerprint density at radius 1 is 0.821 bits per heavy atom. The molecule has 1 atom stereocenters. The largest absolute Gasteiger partial charge is 0.462 e. The summed E-state index contributed by atoms with van der Waals surface area (Å²) < 4.78 is 5.01. The first-order valence-electron chi connectivity index (χ1n) is 12.0. The third-order valence-corrected chi connectivity index (χ3v) is 7.36. The van der Waals surface area contributed by atoms with Crippen LogP contribution in [0, 0.1) is 0 Å². The van der Waals surface area contributed by atoms with E-state index in [2.05, 4.69) is 10.6 Å². The summed E-state index contributed by atoms with van der Waals surface area (Å²) in [6, 6.07) is 27.9. The summed E-state index contributed by atoms with van der Waals surface area (Å²) in [6.45, 7) is 2.03. The molecule has 0 saturated heterocycles. The van der Waals surface area contributed by atoms with E-state index < -0.39 is 11.2 Å². The van der Waals surface area contributed by atoms with E-state index in [1.54, 1.807) is 55.5 Å². The van der Waals surface area contributed by atoms with Crippen molar-refractivity contribution in [1.29, 1.82) is 0 Å². The molecule has 4 aromatic carbocycles. The van der Waals surface area contributed by atoms with Crippen molar-refractivity contribution in [1.82, 2.24) is 0 Å². The quantitative estimate of drug-likeness (QED) is 0.156. The van der Waals surface area contributed by atoms with Gasteiger partial charge in [-0.3, -0.25) is 9.59 Å². The van der Waals surface area contributed by atoms with Crippen molar-refractivity contribution in [3.63, 3.8) is 0 Å². The minimum Gasteiger partial charge on any atom is -0.462 e. The zero-order valence-electron chi connectivity index (χ0n) is 20.8. The number of hydrogen-bond acceptors (Lipinski definition) is 5. The first-order valence-corrected chi connectivity index (χ1v) is 13.6. The number of rotatable bonds is 9. The van der Waals surface area contributed by atoms with Gasteiger partial charge in [0.1, 0.15) is 5.25 Å². The number of halogens is 2. The number of benzene rings is 4. The molecule has 0 aliphatic carbocycles. The molecule has 0 aromatic heterocycles. The normalized spacial score (nSPS) is 11.4. The van der Waals surface area contributed by atoms with Gasteiger partial charge in [0.2, 0.25) is 5.91 Å². The van der Waals surface area contributed by atoms with Crippen LogP contribution < -0.4 is 10.6 Å². The molecule has 6 nitrogen and oxygen atoms in total. The fourth-order valence-electron chi connectivity index (χ4n) is 3.64. The molecule has 9 heteroatoms. The minimum absolute atomic E-state index is 0.218. The van der Waals surface area contributed by atoms with Crippen LogP contribution in [0.2, 0.25) is 10.0 Å². The van der Waals surface area contributed by atoms with Crippen molar-refractivity contribution in [3.8, 4) is 0 Å². The lowest BCUT2D eigenvalue weighted by Gasteiger charge is -2.17. The van der Waals surface area contributed by atoms with Gasteiger partial charge in [0.25, 0.3) is 5.91 Å². The molecule has 198 valence electrons. The van der Waals surface area contributed by atoms with Gasteiger partial charge >= 0.3 is 5.97 Å². The summed E-state index contributed by atoms with van der Waals surface area (Å²) in [4.78, 5) is 38.7. The monoisotopic (exact) mass is 578 g/mol. The van der Waals surface area contributed by atoms with Crippen molar-refractivity contribution >= 4 is 64.1 Å². The maximum Gasteiger partial charge on any atom is 0.338 e. The first-order chi connectivity index (χ1) is 18.8. The highest BCUT2D eigenvalue weighted by molar-refractivity contribution is 8.00. The Hall–Kier alpha value is -3.78. The standard InChI is InChI=1S/C30H24Cl2N2O4S/c1-2-38-30(37)20-8-11-22(12-9-20)34-29(36)27(19-6-4-3-5-7-19)39-24-15-13-23(14-16-24)33-28(35)25-17-10-21(31)18-26(25)32/h3-18,27H,2H2,1H3,(H,33,35)(H,34,36). The molecule has 0 radical (unpaired) electrons. The minimum atomic E-state index is -0.552. The van der Waals surface area contributed by atoms with Crippen LogP contribution in [0.5, 0.6) is 0 Å². The molecular formula is C30H24Cl2N2O4S. The molecule has 0 spiro atoms. The number of amides is 2. The maximum absolute atomic E-state index is 13.4. The molecule has 0 heterocycles. The van der Waals surface area contributed by atoms with Gasteiger partial charge in [-0.2, -0.15) is 0 Å². The Kier molecular flexibility index (Phi) is 9.65. The molecule has 0 aliphatic heterocycles. The van der Waals surface area contributed by atoms with E-state index >= 15 is 0 Å². The SMILES string of the molecule is CCOC(=O)c1ccc(NC(=O)C(Sc2ccc(NC(=O)c3ccc(Cl)cc3Cl)cc2)c2ccccc2)cc1. The number of hydrogen-bond donors (Lipinski definition) is 2. The summed E-state index contributed by atoms with van der Waals surface area (Å²) in [7, 11) is 0. The number of anilines is 2. The fourth-order valence-corrected chi connectivity index (χ4v) is 5.16. The molecule has 2 N–H and O–H groups in total. The number of thioether (sulfide) groups is 1. The second-order valence-corrected chi connectivity index (χ2v) is 10.3. The predicted octanol–water partition coefficient (Wildman–Crippen LogP) is 7.89. The van der Waals surface area contributed by atoms with E-state index in [0.717, 1.165) is 10.5 Å². The van der Waals surface area contributed by atoms with E-state index in [9.17, 15) is 14.4 Å². The molecule has 0 aliphatic rings. The zero-order valence-corrected chi connectivity index (χ0v) is 23.1. The first kappa shape index (κ1) is 28.2. The fraction of sp³-hybridized carbons (Fsp3) is 0.100. The lowest BCUT2D eigenvalue weighted by molar-refractivity contribution is -0.115. The average molecular weight is 580 g/mol. The Morgan fingerprint density at radius 2 is 1.46 bits per heavy atom. The van der Waals surface area contributed by atoms with Crippen LogP contribution in [0.15, 0.2) is 102 Å². The maximum atomic E-state index is 13.4. The van der Waals surface area contributed by atoms with Crippen LogP contribution in [0.4, 0.5) is 11.4 Å². The van der Waals surface area contributed by atoms with E-state index in [-0.39, 0.29) is 23.4 Å². The summed E-state index contributed by atoms with van der Waals surface area (Å²) in [5.41, 5.74) is 2.70. The third kappa shape index (κ3) is 7.63. The van der Waals surface area contributed by atoms with Crippen LogP contribution >= 0.6 is 35.0 Å². The van der Waals surface area contributed by atoms with Crippen molar-refractivity contribution < 1.29 is 19.1 Å². The Balaban J connectivity index is 1.46. The van der Waals surface area contributed by atoms with Gasteiger partial charge in [-0.25, -0.2) is 4.79 Å².